The molecule has 0 fully saturated rings. The van der Waals surface area contributed by atoms with Gasteiger partial charge in [-0.2, -0.15) is 0 Å². The van der Waals surface area contributed by atoms with Crippen LogP contribution in [0.5, 0.6) is 5.75 Å². The number of rotatable bonds is 2. The summed E-state index contributed by atoms with van der Waals surface area (Å²) < 4.78 is 41.2. The van der Waals surface area contributed by atoms with E-state index >= 15 is 0 Å². The molecule has 0 atom stereocenters. The Morgan fingerprint density at radius 3 is 2.32 bits per heavy atom. The number of para-hydroxylation sites is 1. The largest absolute Gasteiger partial charge is 0.573 e. The molecule has 0 saturated heterocycles. The zero-order chi connectivity index (χ0) is 14.0. The maximum atomic E-state index is 12.4. The SMILES string of the molecule is Cc1cccc(N)c1-c1ccccc1OC(F)(F)F. The zero-order valence-electron chi connectivity index (χ0n) is 10.2. The third-order valence-corrected chi connectivity index (χ3v) is 2.69. The molecular weight excluding hydrogens is 255 g/mol. The van der Waals surface area contributed by atoms with Gasteiger partial charge in [0.1, 0.15) is 5.75 Å². The molecule has 2 N–H and O–H groups in total. The van der Waals surface area contributed by atoms with Crippen LogP contribution in [-0.2, 0) is 0 Å². The highest BCUT2D eigenvalue weighted by Gasteiger charge is 2.32. The Bertz CT molecular complexity index is 573. The second-order valence-electron chi connectivity index (χ2n) is 4.08. The van der Waals surface area contributed by atoms with Crippen molar-refractivity contribution in [3.8, 4) is 16.9 Å². The number of hydrogen-bond acceptors (Lipinski definition) is 2. The van der Waals surface area contributed by atoms with Crippen LogP contribution in [0.15, 0.2) is 42.5 Å². The van der Waals surface area contributed by atoms with Gasteiger partial charge in [0.25, 0.3) is 0 Å². The van der Waals surface area contributed by atoms with Gasteiger partial charge in [0.15, 0.2) is 0 Å². The summed E-state index contributed by atoms with van der Waals surface area (Å²) in [6, 6.07) is 11.1. The number of hydrogen-bond donors (Lipinski definition) is 1. The Morgan fingerprint density at radius 1 is 1.00 bits per heavy atom. The van der Waals surface area contributed by atoms with Crippen molar-refractivity contribution in [3.05, 3.63) is 48.0 Å². The van der Waals surface area contributed by atoms with Gasteiger partial charge in [-0.1, -0.05) is 30.3 Å². The Balaban J connectivity index is 2.57. The maximum absolute atomic E-state index is 12.4. The van der Waals surface area contributed by atoms with Crippen molar-refractivity contribution in [2.24, 2.45) is 0 Å². The lowest BCUT2D eigenvalue weighted by molar-refractivity contribution is -0.274. The Kier molecular flexibility index (Phi) is 3.38. The van der Waals surface area contributed by atoms with Crippen LogP contribution in [0.25, 0.3) is 11.1 Å². The van der Waals surface area contributed by atoms with Crippen molar-refractivity contribution in [2.45, 2.75) is 13.3 Å². The van der Waals surface area contributed by atoms with Crippen LogP contribution in [0, 0.1) is 6.92 Å². The average molecular weight is 267 g/mol. The molecule has 100 valence electrons. The first kappa shape index (κ1) is 13.3. The summed E-state index contributed by atoms with van der Waals surface area (Å²) in [4.78, 5) is 0. The molecule has 5 heteroatoms. The van der Waals surface area contributed by atoms with E-state index in [1.807, 2.05) is 0 Å². The fourth-order valence-electron chi connectivity index (χ4n) is 1.95. The molecule has 0 unspecified atom stereocenters. The highest BCUT2D eigenvalue weighted by Crippen LogP contribution is 2.38. The molecular formula is C14H12F3NO. The third kappa shape index (κ3) is 2.99. The van der Waals surface area contributed by atoms with Crippen molar-refractivity contribution in [1.29, 1.82) is 0 Å². The van der Waals surface area contributed by atoms with Crippen LogP contribution >= 0.6 is 0 Å². The molecule has 0 aliphatic heterocycles. The summed E-state index contributed by atoms with van der Waals surface area (Å²) in [6.45, 7) is 1.79. The third-order valence-electron chi connectivity index (χ3n) is 2.69. The van der Waals surface area contributed by atoms with E-state index in [-0.39, 0.29) is 5.75 Å². The van der Waals surface area contributed by atoms with E-state index in [0.29, 0.717) is 16.8 Å². The van der Waals surface area contributed by atoms with Gasteiger partial charge in [-0.15, -0.1) is 13.2 Å². The molecule has 0 spiro atoms. The van der Waals surface area contributed by atoms with Crippen molar-refractivity contribution >= 4 is 5.69 Å². The molecule has 0 radical (unpaired) electrons. The van der Waals surface area contributed by atoms with E-state index in [1.165, 1.54) is 12.1 Å². The number of nitrogens with two attached hydrogens (primary N) is 1. The minimum absolute atomic E-state index is 0.254. The van der Waals surface area contributed by atoms with Gasteiger partial charge in [0.05, 0.1) is 0 Å². The molecule has 2 aromatic rings. The molecule has 2 rings (SSSR count). The molecule has 0 saturated carbocycles. The summed E-state index contributed by atoms with van der Waals surface area (Å²) in [6.07, 6.45) is -4.73. The summed E-state index contributed by atoms with van der Waals surface area (Å²) in [5, 5.41) is 0. The lowest BCUT2D eigenvalue weighted by Gasteiger charge is -2.16. The van der Waals surface area contributed by atoms with E-state index in [0.717, 1.165) is 5.56 Å². The van der Waals surface area contributed by atoms with Gasteiger partial charge in [-0.25, -0.2) is 0 Å². The van der Waals surface area contributed by atoms with Crippen LogP contribution in [0.2, 0.25) is 0 Å². The number of aryl methyl sites for hydroxylation is 1. The van der Waals surface area contributed by atoms with Gasteiger partial charge < -0.3 is 10.5 Å². The minimum Gasteiger partial charge on any atom is -0.405 e. The monoisotopic (exact) mass is 267 g/mol. The van der Waals surface area contributed by atoms with Gasteiger partial charge in [-0.05, 0) is 24.6 Å². The van der Waals surface area contributed by atoms with Crippen molar-refractivity contribution in [3.63, 3.8) is 0 Å². The van der Waals surface area contributed by atoms with E-state index in [4.69, 9.17) is 5.73 Å². The molecule has 0 aliphatic rings. The minimum atomic E-state index is -4.73. The number of alkyl halides is 3. The first-order chi connectivity index (χ1) is 8.88. The van der Waals surface area contributed by atoms with Gasteiger partial charge in [0.2, 0.25) is 0 Å². The second kappa shape index (κ2) is 4.84. The van der Waals surface area contributed by atoms with Gasteiger partial charge in [0, 0.05) is 16.8 Å². The van der Waals surface area contributed by atoms with Crippen molar-refractivity contribution in [1.82, 2.24) is 0 Å². The van der Waals surface area contributed by atoms with Crippen LogP contribution in [0.4, 0.5) is 18.9 Å². The summed E-state index contributed by atoms with van der Waals surface area (Å²) in [5.41, 5.74) is 7.94. The fraction of sp³-hybridized carbons (Fsp3) is 0.143. The quantitative estimate of drug-likeness (QED) is 0.830. The predicted octanol–water partition coefficient (Wildman–Crippen LogP) is 4.14. The van der Waals surface area contributed by atoms with E-state index in [9.17, 15) is 13.2 Å². The van der Waals surface area contributed by atoms with E-state index in [1.54, 1.807) is 37.3 Å². The van der Waals surface area contributed by atoms with Crippen LogP contribution in [-0.4, -0.2) is 6.36 Å². The highest BCUT2D eigenvalue weighted by atomic mass is 19.4. The Morgan fingerprint density at radius 2 is 1.68 bits per heavy atom. The molecule has 0 amide bonds. The molecule has 0 aliphatic carbocycles. The normalized spacial score (nSPS) is 11.4. The number of nitrogen functional groups attached to an aromatic ring is 1. The summed E-state index contributed by atoms with van der Waals surface area (Å²) in [5.74, 6) is -0.254. The lowest BCUT2D eigenvalue weighted by atomic mass is 9.98. The topological polar surface area (TPSA) is 35.2 Å². The standard InChI is InChI=1S/C14H12F3NO/c1-9-5-4-7-11(18)13(9)10-6-2-3-8-12(10)19-14(15,16)17/h2-8H,18H2,1H3. The van der Waals surface area contributed by atoms with Gasteiger partial charge in [-0.3, -0.25) is 0 Å². The second-order valence-corrected chi connectivity index (χ2v) is 4.08. The summed E-state index contributed by atoms with van der Waals surface area (Å²) in [7, 11) is 0. The molecule has 0 heterocycles. The van der Waals surface area contributed by atoms with Crippen LogP contribution in [0.3, 0.4) is 0 Å². The molecule has 0 bridgehead atoms. The Hall–Kier alpha value is -2.17. The zero-order valence-corrected chi connectivity index (χ0v) is 10.2. The molecule has 0 aromatic heterocycles. The highest BCUT2D eigenvalue weighted by molar-refractivity contribution is 5.82. The van der Waals surface area contributed by atoms with Crippen molar-refractivity contribution < 1.29 is 17.9 Å². The van der Waals surface area contributed by atoms with Gasteiger partial charge >= 0.3 is 6.36 Å². The maximum Gasteiger partial charge on any atom is 0.573 e. The van der Waals surface area contributed by atoms with E-state index < -0.39 is 6.36 Å². The van der Waals surface area contributed by atoms with E-state index in [2.05, 4.69) is 4.74 Å². The smallest absolute Gasteiger partial charge is 0.405 e. The fourth-order valence-corrected chi connectivity index (χ4v) is 1.95. The first-order valence-corrected chi connectivity index (χ1v) is 5.59. The lowest BCUT2D eigenvalue weighted by Crippen LogP contribution is -2.17. The first-order valence-electron chi connectivity index (χ1n) is 5.59. The summed E-state index contributed by atoms with van der Waals surface area (Å²) >= 11 is 0. The number of halogens is 3. The van der Waals surface area contributed by atoms with Crippen molar-refractivity contribution in [2.75, 3.05) is 5.73 Å². The molecule has 2 nitrogen and oxygen atoms in total. The number of ether oxygens (including phenoxy) is 1. The average Bonchev–Trinajstić information content (AvgIpc) is 2.29. The van der Waals surface area contributed by atoms with Crippen LogP contribution in [0.1, 0.15) is 5.56 Å². The predicted molar refractivity (Wildman–Crippen MR) is 67.7 cm³/mol. The number of benzene rings is 2. The molecule has 19 heavy (non-hydrogen) atoms. The Labute approximate surface area is 108 Å². The van der Waals surface area contributed by atoms with Crippen LogP contribution < -0.4 is 10.5 Å². The molecule has 2 aromatic carbocycles. The number of anilines is 1.